The minimum absolute atomic E-state index is 0. The number of hydroxylamine groups is 1. The molecule has 2 aromatic carbocycles. The van der Waals surface area contributed by atoms with Gasteiger partial charge < -0.3 is 10.6 Å². The number of benzene rings is 2. The maximum atomic E-state index is 13.5. The molecule has 2 heterocycles. The van der Waals surface area contributed by atoms with Gasteiger partial charge in [-0.05, 0) is 62.1 Å². The Balaban J connectivity index is 0.00000324. The fourth-order valence-corrected chi connectivity index (χ4v) is 3.68. The van der Waals surface area contributed by atoms with Crippen LogP contribution in [0, 0.1) is 5.82 Å². The molecule has 0 radical (unpaired) electrons. The average molecular weight is 534 g/mol. The number of hydrogen-bond donors (Lipinski definition) is 4. The second kappa shape index (κ2) is 11.8. The van der Waals surface area contributed by atoms with Crippen molar-refractivity contribution in [2.24, 2.45) is 4.99 Å². The van der Waals surface area contributed by atoms with Gasteiger partial charge in [0.15, 0.2) is 11.5 Å². The molecule has 1 aliphatic rings. The topological polar surface area (TPSA) is 128 Å². The number of anilines is 1. The molecule has 180 valence electrons. The van der Waals surface area contributed by atoms with Gasteiger partial charge in [0.05, 0.1) is 10.2 Å². The van der Waals surface area contributed by atoms with Gasteiger partial charge in [0, 0.05) is 38.3 Å². The van der Waals surface area contributed by atoms with Crippen molar-refractivity contribution in [3.8, 4) is 0 Å². The Bertz CT molecular complexity index is 1150. The lowest BCUT2D eigenvalue weighted by molar-refractivity contribution is 0.102. The van der Waals surface area contributed by atoms with Crippen LogP contribution in [0.4, 0.5) is 15.9 Å². The van der Waals surface area contributed by atoms with Crippen molar-refractivity contribution < 1.29 is 19.0 Å². The summed E-state index contributed by atoms with van der Waals surface area (Å²) >= 11 is 3.08. The molecule has 4 rings (SSSR count). The molecule has 0 aliphatic carbocycles. The molecule has 3 aromatic rings. The van der Waals surface area contributed by atoms with E-state index in [9.17, 15) is 14.4 Å². The Kier molecular flexibility index (Phi) is 8.82. The molecule has 1 aromatic heterocycles. The van der Waals surface area contributed by atoms with Gasteiger partial charge in [-0.1, -0.05) is 19.6 Å². The predicted octanol–water partition coefficient (Wildman–Crippen LogP) is 3.32. The van der Waals surface area contributed by atoms with Gasteiger partial charge in [-0.2, -0.15) is 0 Å². The van der Waals surface area contributed by atoms with Crippen LogP contribution < -0.4 is 16.1 Å². The van der Waals surface area contributed by atoms with Gasteiger partial charge in [-0.15, -0.1) is 0 Å². The number of hydrogen-bond acceptors (Lipinski definition) is 8. The van der Waals surface area contributed by atoms with E-state index in [0.29, 0.717) is 11.3 Å². The van der Waals surface area contributed by atoms with Crippen molar-refractivity contribution in [3.05, 3.63) is 69.6 Å². The van der Waals surface area contributed by atoms with Crippen molar-refractivity contribution in [1.29, 1.82) is 0 Å². The van der Waals surface area contributed by atoms with E-state index in [2.05, 4.69) is 46.8 Å². The Morgan fingerprint density at radius 3 is 2.62 bits per heavy atom. The maximum Gasteiger partial charge on any atom is 0.256 e. The summed E-state index contributed by atoms with van der Waals surface area (Å²) in [7, 11) is 0. The molecule has 0 spiro atoms. The van der Waals surface area contributed by atoms with Gasteiger partial charge in [0.25, 0.3) is 5.91 Å². The number of aromatic nitrogens is 2. The summed E-state index contributed by atoms with van der Waals surface area (Å²) in [6.07, 6.45) is 0. The molecule has 12 heteroatoms. The third-order valence-corrected chi connectivity index (χ3v) is 5.63. The highest BCUT2D eigenvalue weighted by molar-refractivity contribution is 9.10. The molecule has 0 bridgehead atoms. The summed E-state index contributed by atoms with van der Waals surface area (Å²) in [4.78, 5) is 19.2. The van der Waals surface area contributed by atoms with Crippen LogP contribution >= 0.6 is 15.9 Å². The number of nitrogens with one attached hydrogen (secondary N) is 3. The van der Waals surface area contributed by atoms with Crippen LogP contribution in [0.25, 0.3) is 0 Å². The Labute approximate surface area is 204 Å². The first-order valence-electron chi connectivity index (χ1n) is 10.1. The minimum Gasteiger partial charge on any atom is -0.314 e. The Morgan fingerprint density at radius 2 is 1.94 bits per heavy atom. The molecular formula is C22H25BrFN7O3. The fourth-order valence-electron chi connectivity index (χ4n) is 3.31. The number of amidine groups is 1. The first-order chi connectivity index (χ1) is 16.0. The van der Waals surface area contributed by atoms with Crippen LogP contribution in [0.3, 0.4) is 0 Å². The SMILES string of the molecule is C.O=C(Nc1nonc1C(=Nc1ccc(F)c(Br)c1)NO)c1ccc(CN2CCNCC2)cc1. The molecule has 1 saturated heterocycles. The van der Waals surface area contributed by atoms with E-state index in [1.807, 2.05) is 17.6 Å². The Hall–Kier alpha value is -3.19. The van der Waals surface area contributed by atoms with Gasteiger partial charge >= 0.3 is 0 Å². The van der Waals surface area contributed by atoms with E-state index in [1.165, 1.54) is 18.2 Å². The molecule has 1 aliphatic heterocycles. The average Bonchev–Trinajstić information content (AvgIpc) is 3.28. The van der Waals surface area contributed by atoms with Crippen LogP contribution in [0.1, 0.15) is 29.0 Å². The predicted molar refractivity (Wildman–Crippen MR) is 129 cm³/mol. The van der Waals surface area contributed by atoms with Crippen molar-refractivity contribution >= 4 is 39.2 Å². The van der Waals surface area contributed by atoms with Crippen LogP contribution in [-0.2, 0) is 6.54 Å². The molecule has 34 heavy (non-hydrogen) atoms. The van der Waals surface area contributed by atoms with Crippen molar-refractivity contribution in [2.45, 2.75) is 14.0 Å². The second-order valence-corrected chi connectivity index (χ2v) is 8.16. The number of carbonyl (C=O) groups is 1. The first-order valence-corrected chi connectivity index (χ1v) is 10.9. The van der Waals surface area contributed by atoms with Crippen LogP contribution in [-0.4, -0.2) is 58.3 Å². The zero-order valence-electron chi connectivity index (χ0n) is 17.4. The van der Waals surface area contributed by atoms with Crippen molar-refractivity contribution in [1.82, 2.24) is 26.0 Å². The van der Waals surface area contributed by atoms with Crippen LogP contribution in [0.2, 0.25) is 0 Å². The van der Waals surface area contributed by atoms with E-state index in [4.69, 9.17) is 4.63 Å². The molecule has 0 saturated carbocycles. The summed E-state index contributed by atoms with van der Waals surface area (Å²) < 4.78 is 18.4. The van der Waals surface area contributed by atoms with E-state index in [1.54, 1.807) is 12.1 Å². The lowest BCUT2D eigenvalue weighted by atomic mass is 10.1. The number of nitrogens with zero attached hydrogens (tertiary/aromatic N) is 4. The zero-order chi connectivity index (χ0) is 23.2. The monoisotopic (exact) mass is 533 g/mol. The second-order valence-electron chi connectivity index (χ2n) is 7.31. The van der Waals surface area contributed by atoms with Gasteiger partial charge in [-0.25, -0.2) is 14.0 Å². The number of aliphatic imine (C=N–C) groups is 1. The molecule has 1 fully saturated rings. The number of piperazine rings is 1. The summed E-state index contributed by atoms with van der Waals surface area (Å²) in [5, 5.41) is 22.8. The lowest BCUT2D eigenvalue weighted by Gasteiger charge is -2.27. The minimum atomic E-state index is -0.456. The molecule has 4 N–H and O–H groups in total. The summed E-state index contributed by atoms with van der Waals surface area (Å²) in [5.41, 5.74) is 3.73. The van der Waals surface area contributed by atoms with Gasteiger partial charge in [0.1, 0.15) is 5.82 Å². The maximum absolute atomic E-state index is 13.5. The highest BCUT2D eigenvalue weighted by Gasteiger charge is 2.20. The van der Waals surface area contributed by atoms with Gasteiger partial charge in [0.2, 0.25) is 5.82 Å². The first kappa shape index (κ1) is 25.4. The number of rotatable bonds is 6. The van der Waals surface area contributed by atoms with Crippen molar-refractivity contribution in [3.63, 3.8) is 0 Å². The molecular weight excluding hydrogens is 509 g/mol. The standard InChI is InChI=1S/C21H21BrFN7O3.CH4/c22-16-11-15(5-6-17(16)23)25-19(27-32)18-20(29-33-28-18)26-21(31)14-3-1-13(2-4-14)12-30-9-7-24-8-10-30;/h1-6,11,24,32H,7-10,12H2,(H,25,27)(H,26,29,31);1H4. The summed E-state index contributed by atoms with van der Waals surface area (Å²) in [6, 6.07) is 11.3. The fraction of sp³-hybridized carbons (Fsp3) is 0.273. The molecule has 10 nitrogen and oxygen atoms in total. The van der Waals surface area contributed by atoms with Crippen molar-refractivity contribution in [2.75, 3.05) is 31.5 Å². The van der Waals surface area contributed by atoms with E-state index >= 15 is 0 Å². The van der Waals surface area contributed by atoms with E-state index < -0.39 is 11.7 Å². The number of amides is 1. The number of halogens is 2. The lowest BCUT2D eigenvalue weighted by Crippen LogP contribution is -2.42. The highest BCUT2D eigenvalue weighted by Crippen LogP contribution is 2.23. The molecule has 0 unspecified atom stereocenters. The molecule has 0 atom stereocenters. The number of carbonyl (C=O) groups excluding carboxylic acids is 1. The Morgan fingerprint density at radius 1 is 1.21 bits per heavy atom. The summed E-state index contributed by atoms with van der Waals surface area (Å²) in [6.45, 7) is 4.74. The van der Waals surface area contributed by atoms with E-state index in [-0.39, 0.29) is 29.2 Å². The zero-order valence-corrected chi connectivity index (χ0v) is 19.0. The molecule has 1 amide bonds. The largest absolute Gasteiger partial charge is 0.314 e. The van der Waals surface area contributed by atoms with Crippen LogP contribution in [0.5, 0.6) is 0 Å². The quantitative estimate of drug-likeness (QED) is 0.216. The van der Waals surface area contributed by atoms with E-state index in [0.717, 1.165) is 38.3 Å². The van der Waals surface area contributed by atoms with Crippen LogP contribution in [0.15, 0.2) is 56.6 Å². The normalized spacial score (nSPS) is 14.4. The third kappa shape index (κ3) is 6.23. The third-order valence-electron chi connectivity index (χ3n) is 5.03. The van der Waals surface area contributed by atoms with Gasteiger partial charge in [-0.3, -0.25) is 20.4 Å². The smallest absolute Gasteiger partial charge is 0.256 e. The summed E-state index contributed by atoms with van der Waals surface area (Å²) in [5.74, 6) is -1.06. The highest BCUT2D eigenvalue weighted by atomic mass is 79.9.